The Kier molecular flexibility index (Phi) is 6.84. The zero-order valence-electron chi connectivity index (χ0n) is 16.3. The van der Waals surface area contributed by atoms with Crippen LogP contribution in [0.2, 0.25) is 5.02 Å². The molecule has 156 valence electrons. The standard InChI is InChI=1S/C22H25BrClN3O.ClH/c1-2-8-27-13-14-11-22(27,12-14)20(15-6-4-3-5-7-15)26-21(28)16-9-17(23)18(24)10-19(16)25;/h3-7,9-10,14,20H,2,8,11-13,25H2,1H3,(H,26,28);1H. The van der Waals surface area contributed by atoms with E-state index in [0.29, 0.717) is 20.7 Å². The Balaban J connectivity index is 0.00000240. The van der Waals surface area contributed by atoms with Gasteiger partial charge in [-0.2, -0.15) is 0 Å². The van der Waals surface area contributed by atoms with Gasteiger partial charge in [-0.15, -0.1) is 12.4 Å². The lowest BCUT2D eigenvalue weighted by Crippen LogP contribution is -2.56. The molecule has 2 aliphatic heterocycles. The summed E-state index contributed by atoms with van der Waals surface area (Å²) >= 11 is 9.51. The Morgan fingerprint density at radius 3 is 2.69 bits per heavy atom. The van der Waals surface area contributed by atoms with Crippen LogP contribution in [0.15, 0.2) is 46.9 Å². The van der Waals surface area contributed by atoms with Crippen LogP contribution in [0.1, 0.15) is 48.1 Å². The number of fused-ring (bicyclic) bond motifs is 1. The maximum Gasteiger partial charge on any atom is 0.253 e. The predicted molar refractivity (Wildman–Crippen MR) is 125 cm³/mol. The first-order valence-corrected chi connectivity index (χ1v) is 11.0. The minimum Gasteiger partial charge on any atom is -0.398 e. The van der Waals surface area contributed by atoms with E-state index in [4.69, 9.17) is 17.3 Å². The second kappa shape index (κ2) is 8.84. The second-order valence-corrected chi connectivity index (χ2v) is 9.26. The van der Waals surface area contributed by atoms with E-state index in [1.165, 1.54) is 0 Å². The average molecular weight is 499 g/mol. The summed E-state index contributed by atoms with van der Waals surface area (Å²) in [5.41, 5.74) is 8.07. The van der Waals surface area contributed by atoms with Gasteiger partial charge in [0.2, 0.25) is 0 Å². The van der Waals surface area contributed by atoms with Gasteiger partial charge in [0, 0.05) is 22.2 Å². The lowest BCUT2D eigenvalue weighted by molar-refractivity contribution is 0.0532. The van der Waals surface area contributed by atoms with Crippen molar-refractivity contribution < 1.29 is 4.79 Å². The SMILES string of the molecule is CCCN1CC2CC1(C(NC(=O)c1cc(Br)c(Cl)cc1N)c1ccccc1)C2.Cl. The zero-order chi connectivity index (χ0) is 19.9. The highest BCUT2D eigenvalue weighted by Crippen LogP contribution is 2.56. The fraction of sp³-hybridized carbons (Fsp3) is 0.409. The van der Waals surface area contributed by atoms with Gasteiger partial charge in [-0.1, -0.05) is 48.9 Å². The summed E-state index contributed by atoms with van der Waals surface area (Å²) in [5, 5.41) is 3.82. The molecule has 1 unspecified atom stereocenters. The first-order chi connectivity index (χ1) is 13.4. The van der Waals surface area contributed by atoms with E-state index in [-0.39, 0.29) is 29.9 Å². The van der Waals surface area contributed by atoms with Crippen LogP contribution < -0.4 is 11.1 Å². The van der Waals surface area contributed by atoms with Crippen molar-refractivity contribution in [3.8, 4) is 0 Å². The number of carbonyl (C=O) groups is 1. The summed E-state index contributed by atoms with van der Waals surface area (Å²) in [6.45, 7) is 4.40. The van der Waals surface area contributed by atoms with Crippen molar-refractivity contribution in [2.45, 2.75) is 37.8 Å². The Bertz CT molecular complexity index is 887. The van der Waals surface area contributed by atoms with Gasteiger partial charge in [0.15, 0.2) is 0 Å². The molecule has 4 nitrogen and oxygen atoms in total. The number of nitrogens with one attached hydrogen (secondary N) is 1. The zero-order valence-corrected chi connectivity index (χ0v) is 19.5. The molecule has 3 aliphatic rings. The number of halogens is 3. The molecule has 1 saturated carbocycles. The van der Waals surface area contributed by atoms with Crippen molar-refractivity contribution in [1.29, 1.82) is 0 Å². The first-order valence-electron chi connectivity index (χ1n) is 9.80. The highest BCUT2D eigenvalue weighted by atomic mass is 79.9. The highest BCUT2D eigenvalue weighted by molar-refractivity contribution is 9.10. The summed E-state index contributed by atoms with van der Waals surface area (Å²) in [4.78, 5) is 15.8. The topological polar surface area (TPSA) is 58.4 Å². The number of nitrogen functional groups attached to an aromatic ring is 1. The van der Waals surface area contributed by atoms with Crippen molar-refractivity contribution >= 4 is 51.5 Å². The molecule has 1 aliphatic carbocycles. The van der Waals surface area contributed by atoms with E-state index in [2.05, 4.69) is 45.2 Å². The van der Waals surface area contributed by atoms with Crippen molar-refractivity contribution in [2.75, 3.05) is 18.8 Å². The van der Waals surface area contributed by atoms with Gasteiger partial charge in [-0.25, -0.2) is 0 Å². The van der Waals surface area contributed by atoms with Gasteiger partial charge in [-0.3, -0.25) is 9.69 Å². The predicted octanol–water partition coefficient (Wildman–Crippen LogP) is 5.45. The third-order valence-corrected chi connectivity index (χ3v) is 7.37. The molecule has 1 atom stereocenters. The maximum absolute atomic E-state index is 13.2. The van der Waals surface area contributed by atoms with Gasteiger partial charge in [0.25, 0.3) is 5.91 Å². The van der Waals surface area contributed by atoms with Gasteiger partial charge >= 0.3 is 0 Å². The number of amides is 1. The molecule has 2 aromatic rings. The molecule has 5 rings (SSSR count). The van der Waals surface area contributed by atoms with E-state index in [1.807, 2.05) is 18.2 Å². The van der Waals surface area contributed by atoms with Crippen molar-refractivity contribution in [3.05, 3.63) is 63.1 Å². The summed E-state index contributed by atoms with van der Waals surface area (Å²) in [6, 6.07) is 13.6. The smallest absolute Gasteiger partial charge is 0.253 e. The summed E-state index contributed by atoms with van der Waals surface area (Å²) in [5.74, 6) is 0.578. The number of rotatable bonds is 6. The minimum atomic E-state index is -0.162. The number of carbonyl (C=O) groups excluding carboxylic acids is 1. The third-order valence-electron chi connectivity index (χ3n) is 6.17. The molecule has 7 heteroatoms. The van der Waals surface area contributed by atoms with Gasteiger partial charge in [-0.05, 0) is 65.4 Å². The van der Waals surface area contributed by atoms with E-state index in [9.17, 15) is 4.79 Å². The molecule has 3 N–H and O–H groups in total. The van der Waals surface area contributed by atoms with E-state index < -0.39 is 0 Å². The monoisotopic (exact) mass is 497 g/mol. The molecule has 1 amide bonds. The summed E-state index contributed by atoms with van der Waals surface area (Å²) < 4.78 is 0.667. The van der Waals surface area contributed by atoms with Crippen LogP contribution in [-0.4, -0.2) is 29.4 Å². The first kappa shape index (κ1) is 22.4. The van der Waals surface area contributed by atoms with Crippen molar-refractivity contribution in [1.82, 2.24) is 10.2 Å². The van der Waals surface area contributed by atoms with Crippen LogP contribution in [-0.2, 0) is 0 Å². The minimum absolute atomic E-state index is 0. The van der Waals surface area contributed by atoms with Gasteiger partial charge in [0.05, 0.1) is 16.6 Å². The number of hydrogen-bond donors (Lipinski definition) is 2. The molecule has 2 aromatic carbocycles. The van der Waals surface area contributed by atoms with Crippen LogP contribution >= 0.6 is 39.9 Å². The molecule has 29 heavy (non-hydrogen) atoms. The maximum atomic E-state index is 13.2. The van der Waals surface area contributed by atoms with Crippen LogP contribution in [0.5, 0.6) is 0 Å². The number of benzene rings is 2. The molecule has 0 aromatic heterocycles. The number of anilines is 1. The summed E-state index contributed by atoms with van der Waals surface area (Å²) in [7, 11) is 0. The fourth-order valence-corrected chi connectivity index (χ4v) is 5.48. The molecular formula is C22H26BrCl2N3O. The van der Waals surface area contributed by atoms with Crippen LogP contribution in [0.4, 0.5) is 5.69 Å². The van der Waals surface area contributed by atoms with E-state index in [1.54, 1.807) is 12.1 Å². The molecular weight excluding hydrogens is 473 g/mol. The Morgan fingerprint density at radius 2 is 2.03 bits per heavy atom. The van der Waals surface area contributed by atoms with Crippen molar-refractivity contribution in [2.24, 2.45) is 5.92 Å². The lowest BCUT2D eigenvalue weighted by Gasteiger charge is -2.48. The van der Waals surface area contributed by atoms with Crippen molar-refractivity contribution in [3.63, 3.8) is 0 Å². The quantitative estimate of drug-likeness (QED) is 0.520. The Labute approximate surface area is 191 Å². The molecule has 2 saturated heterocycles. The van der Waals surface area contributed by atoms with Crippen LogP contribution in [0.25, 0.3) is 0 Å². The van der Waals surface area contributed by atoms with Crippen LogP contribution in [0, 0.1) is 5.92 Å². The number of nitrogens with two attached hydrogens (primary N) is 1. The third kappa shape index (κ3) is 4.02. The lowest BCUT2D eigenvalue weighted by atomic mass is 9.67. The normalized spacial score (nSPS) is 23.8. The van der Waals surface area contributed by atoms with Gasteiger partial charge in [0.1, 0.15) is 0 Å². The number of nitrogens with zero attached hydrogens (tertiary/aromatic N) is 1. The molecule has 2 bridgehead atoms. The van der Waals surface area contributed by atoms with Crippen LogP contribution in [0.3, 0.4) is 0 Å². The van der Waals surface area contributed by atoms with E-state index >= 15 is 0 Å². The molecule has 0 radical (unpaired) electrons. The average Bonchev–Trinajstić information content (AvgIpc) is 3.18. The fourth-order valence-electron chi connectivity index (χ4n) is 4.96. The highest BCUT2D eigenvalue weighted by Gasteiger charge is 2.60. The second-order valence-electron chi connectivity index (χ2n) is 7.99. The Morgan fingerprint density at radius 1 is 1.34 bits per heavy atom. The Hall–Kier alpha value is -1.27. The molecule has 0 spiro atoms. The summed E-state index contributed by atoms with van der Waals surface area (Å²) in [6.07, 6.45) is 3.38. The molecule has 2 heterocycles. The largest absolute Gasteiger partial charge is 0.398 e. The number of hydrogen-bond acceptors (Lipinski definition) is 3. The van der Waals surface area contributed by atoms with E-state index in [0.717, 1.165) is 43.8 Å². The molecule has 3 fully saturated rings. The van der Waals surface area contributed by atoms with Gasteiger partial charge < -0.3 is 11.1 Å².